The molecule has 0 radical (unpaired) electrons. The van der Waals surface area contributed by atoms with Gasteiger partial charge in [0.1, 0.15) is 5.69 Å². The molecule has 2 heterocycles. The van der Waals surface area contributed by atoms with Crippen molar-refractivity contribution in [2.24, 2.45) is 0 Å². The van der Waals surface area contributed by atoms with Crippen LogP contribution in [0.1, 0.15) is 5.56 Å². The van der Waals surface area contributed by atoms with Gasteiger partial charge in [-0.1, -0.05) is 28.9 Å². The summed E-state index contributed by atoms with van der Waals surface area (Å²) in [6.07, 6.45) is 1.54. The summed E-state index contributed by atoms with van der Waals surface area (Å²) in [7, 11) is 0. The van der Waals surface area contributed by atoms with Crippen LogP contribution < -0.4 is 5.73 Å². The lowest BCUT2D eigenvalue weighted by atomic mass is 10.1. The number of nitrogen functional groups attached to an aromatic ring is 1. The summed E-state index contributed by atoms with van der Waals surface area (Å²) in [5.74, 6) is 0.784. The van der Waals surface area contributed by atoms with Gasteiger partial charge in [0.05, 0.1) is 10.6 Å². The van der Waals surface area contributed by atoms with E-state index in [4.69, 9.17) is 21.9 Å². The first-order valence-electron chi connectivity index (χ1n) is 5.96. The number of nitrogens with two attached hydrogens (primary N) is 1. The number of nitrogens with zero attached hydrogens (tertiary/aromatic N) is 3. The van der Waals surface area contributed by atoms with Gasteiger partial charge in [-0.25, -0.2) is 0 Å². The number of halogens is 1. The Morgan fingerprint density at radius 1 is 1.20 bits per heavy atom. The Morgan fingerprint density at radius 2 is 2.05 bits per heavy atom. The molecule has 0 aliphatic heterocycles. The molecule has 2 N–H and O–H groups in total. The molecular formula is C14H11ClN4O. The van der Waals surface area contributed by atoms with Crippen LogP contribution in [0.25, 0.3) is 23.0 Å². The fourth-order valence-electron chi connectivity index (χ4n) is 1.92. The van der Waals surface area contributed by atoms with Crippen molar-refractivity contribution in [2.45, 2.75) is 6.92 Å². The van der Waals surface area contributed by atoms with Crippen molar-refractivity contribution in [3.8, 4) is 23.0 Å². The molecule has 20 heavy (non-hydrogen) atoms. The molecule has 100 valence electrons. The third-order valence-electron chi connectivity index (χ3n) is 2.90. The van der Waals surface area contributed by atoms with E-state index >= 15 is 0 Å². The molecule has 0 bridgehead atoms. The van der Waals surface area contributed by atoms with E-state index in [2.05, 4.69) is 15.1 Å². The Morgan fingerprint density at radius 3 is 2.75 bits per heavy atom. The maximum atomic E-state index is 5.96. The van der Waals surface area contributed by atoms with E-state index < -0.39 is 0 Å². The lowest BCUT2D eigenvalue weighted by Gasteiger charge is -2.03. The van der Waals surface area contributed by atoms with E-state index in [1.54, 1.807) is 18.2 Å². The molecule has 3 aromatic rings. The number of benzene rings is 1. The van der Waals surface area contributed by atoms with Crippen molar-refractivity contribution in [3.05, 3.63) is 47.1 Å². The molecule has 0 aliphatic carbocycles. The van der Waals surface area contributed by atoms with Gasteiger partial charge >= 0.3 is 0 Å². The van der Waals surface area contributed by atoms with Gasteiger partial charge in [-0.15, -0.1) is 0 Å². The molecule has 0 fully saturated rings. The molecule has 5 nitrogen and oxygen atoms in total. The summed E-state index contributed by atoms with van der Waals surface area (Å²) in [6.45, 7) is 1.94. The average Bonchev–Trinajstić information content (AvgIpc) is 2.89. The number of aryl methyl sites for hydroxylation is 1. The monoisotopic (exact) mass is 286 g/mol. The first kappa shape index (κ1) is 12.6. The van der Waals surface area contributed by atoms with Crippen molar-refractivity contribution in [1.82, 2.24) is 15.1 Å². The largest absolute Gasteiger partial charge is 0.398 e. The molecule has 0 saturated carbocycles. The van der Waals surface area contributed by atoms with Crippen LogP contribution in [0.4, 0.5) is 5.69 Å². The third-order valence-corrected chi connectivity index (χ3v) is 3.12. The molecule has 0 amide bonds. The normalized spacial score (nSPS) is 10.7. The number of hydrogen-bond acceptors (Lipinski definition) is 5. The fourth-order valence-corrected chi connectivity index (χ4v) is 2.03. The predicted octanol–water partition coefficient (Wildman–Crippen LogP) is 3.34. The summed E-state index contributed by atoms with van der Waals surface area (Å²) in [5, 5.41) is 4.48. The van der Waals surface area contributed by atoms with E-state index in [9.17, 15) is 0 Å². The molecule has 3 rings (SSSR count). The first-order valence-corrected chi connectivity index (χ1v) is 6.34. The van der Waals surface area contributed by atoms with Crippen molar-refractivity contribution in [3.63, 3.8) is 0 Å². The summed E-state index contributed by atoms with van der Waals surface area (Å²) in [5.41, 5.74) is 8.88. The maximum Gasteiger partial charge on any atom is 0.260 e. The molecule has 0 spiro atoms. The summed E-state index contributed by atoms with van der Waals surface area (Å²) >= 11 is 5.80. The Balaban J connectivity index is 2.04. The van der Waals surface area contributed by atoms with Crippen molar-refractivity contribution >= 4 is 17.3 Å². The Labute approximate surface area is 120 Å². The Hall–Kier alpha value is -2.40. The number of aromatic nitrogens is 3. The van der Waals surface area contributed by atoms with Crippen LogP contribution >= 0.6 is 11.6 Å². The zero-order chi connectivity index (χ0) is 14.1. The minimum Gasteiger partial charge on any atom is -0.398 e. The number of anilines is 1. The van der Waals surface area contributed by atoms with Crippen LogP contribution in [0.3, 0.4) is 0 Å². The second-order valence-corrected chi connectivity index (χ2v) is 4.76. The second-order valence-electron chi connectivity index (χ2n) is 4.32. The molecular weight excluding hydrogens is 276 g/mol. The lowest BCUT2D eigenvalue weighted by molar-refractivity contribution is 0.432. The van der Waals surface area contributed by atoms with Crippen LogP contribution in [0.5, 0.6) is 0 Å². The zero-order valence-electron chi connectivity index (χ0n) is 10.7. The van der Waals surface area contributed by atoms with E-state index in [-0.39, 0.29) is 0 Å². The highest BCUT2D eigenvalue weighted by Gasteiger charge is 2.15. The summed E-state index contributed by atoms with van der Waals surface area (Å²) in [6, 6.07) is 9.08. The highest BCUT2D eigenvalue weighted by Crippen LogP contribution is 2.29. The van der Waals surface area contributed by atoms with Crippen LogP contribution in [0.15, 0.2) is 41.1 Å². The summed E-state index contributed by atoms with van der Waals surface area (Å²) in [4.78, 5) is 8.49. The third kappa shape index (κ3) is 2.23. The minimum absolute atomic E-state index is 0.382. The molecule has 1 aromatic carbocycles. The molecule has 0 aliphatic rings. The van der Waals surface area contributed by atoms with Gasteiger partial charge in [-0.2, -0.15) is 4.98 Å². The zero-order valence-corrected chi connectivity index (χ0v) is 11.4. The average molecular weight is 287 g/mol. The second kappa shape index (κ2) is 4.94. The van der Waals surface area contributed by atoms with Crippen molar-refractivity contribution < 1.29 is 4.52 Å². The van der Waals surface area contributed by atoms with E-state index in [1.807, 2.05) is 19.1 Å². The molecule has 0 unspecified atom stereocenters. The first-order chi connectivity index (χ1) is 9.65. The molecule has 6 heteroatoms. The fraction of sp³-hybridized carbons (Fsp3) is 0.0714. The quantitative estimate of drug-likeness (QED) is 0.731. The minimum atomic E-state index is 0.382. The molecule has 2 aromatic heterocycles. The standard InChI is InChI=1S/C14H11ClN4O/c1-8-3-2-4-10(16)12(8)14-18-13(19-20-14)11-6-5-9(15)7-17-11/h2-7H,16H2,1H3. The number of hydrogen-bond donors (Lipinski definition) is 1. The van der Waals surface area contributed by atoms with Crippen molar-refractivity contribution in [2.75, 3.05) is 5.73 Å². The maximum absolute atomic E-state index is 5.96. The Kier molecular flexibility index (Phi) is 3.12. The molecule has 0 saturated heterocycles. The smallest absolute Gasteiger partial charge is 0.260 e. The highest BCUT2D eigenvalue weighted by molar-refractivity contribution is 6.30. The van der Waals surface area contributed by atoms with Gasteiger partial charge in [0.2, 0.25) is 5.82 Å². The van der Waals surface area contributed by atoms with E-state index in [0.717, 1.165) is 11.1 Å². The van der Waals surface area contributed by atoms with E-state index in [1.165, 1.54) is 6.20 Å². The molecule has 0 atom stereocenters. The Bertz CT molecular complexity index is 732. The van der Waals surface area contributed by atoms with Gasteiger partial charge in [0, 0.05) is 11.9 Å². The topological polar surface area (TPSA) is 77.8 Å². The SMILES string of the molecule is Cc1cccc(N)c1-c1nc(-c2ccc(Cl)cn2)no1. The van der Waals surface area contributed by atoms with Crippen LogP contribution in [-0.4, -0.2) is 15.1 Å². The summed E-state index contributed by atoms with van der Waals surface area (Å²) < 4.78 is 5.28. The number of rotatable bonds is 2. The highest BCUT2D eigenvalue weighted by atomic mass is 35.5. The van der Waals surface area contributed by atoms with Crippen molar-refractivity contribution in [1.29, 1.82) is 0 Å². The number of pyridine rings is 1. The van der Waals surface area contributed by atoms with Gasteiger partial charge in [-0.3, -0.25) is 4.98 Å². The van der Waals surface area contributed by atoms with Crippen LogP contribution in [0, 0.1) is 6.92 Å². The van der Waals surface area contributed by atoms with Crippen LogP contribution in [-0.2, 0) is 0 Å². The van der Waals surface area contributed by atoms with Gasteiger partial charge in [0.25, 0.3) is 5.89 Å². The predicted molar refractivity (Wildman–Crippen MR) is 77.1 cm³/mol. The van der Waals surface area contributed by atoms with Gasteiger partial charge in [-0.05, 0) is 30.7 Å². The van der Waals surface area contributed by atoms with Gasteiger partial charge in [0.15, 0.2) is 0 Å². The van der Waals surface area contributed by atoms with E-state index in [0.29, 0.717) is 28.1 Å². The van der Waals surface area contributed by atoms with Gasteiger partial charge < -0.3 is 10.3 Å². The lowest BCUT2D eigenvalue weighted by Crippen LogP contribution is -1.93. The van der Waals surface area contributed by atoms with Crippen LogP contribution in [0.2, 0.25) is 5.02 Å².